The molecule has 0 radical (unpaired) electrons. The van der Waals surface area contributed by atoms with Crippen LogP contribution in [0.2, 0.25) is 0 Å². The van der Waals surface area contributed by atoms with Crippen LogP contribution in [0.4, 0.5) is 0 Å². The number of para-hydroxylation sites is 2. The summed E-state index contributed by atoms with van der Waals surface area (Å²) >= 11 is 0. The molecular formula is C21H17N3. The van der Waals surface area contributed by atoms with Crippen molar-refractivity contribution in [2.75, 3.05) is 0 Å². The molecule has 0 N–H and O–H groups in total. The van der Waals surface area contributed by atoms with E-state index in [1.165, 1.54) is 28.8 Å². The number of aryl methyl sites for hydroxylation is 1. The Morgan fingerprint density at radius 1 is 0.917 bits per heavy atom. The molecule has 0 unspecified atom stereocenters. The molecule has 0 bridgehead atoms. The van der Waals surface area contributed by atoms with Crippen LogP contribution in [0.1, 0.15) is 29.7 Å². The molecule has 0 spiro atoms. The first-order valence-electron chi connectivity index (χ1n) is 8.41. The van der Waals surface area contributed by atoms with Crippen molar-refractivity contribution in [3.63, 3.8) is 0 Å². The van der Waals surface area contributed by atoms with Crippen LogP contribution < -0.4 is 0 Å². The van der Waals surface area contributed by atoms with E-state index in [2.05, 4.69) is 69.0 Å². The summed E-state index contributed by atoms with van der Waals surface area (Å²) in [4.78, 5) is 9.29. The predicted octanol–water partition coefficient (Wildman–Crippen LogP) is 4.76. The lowest BCUT2D eigenvalue weighted by atomic mass is 9.91. The number of rotatable bonds is 1. The van der Waals surface area contributed by atoms with Crippen LogP contribution in [0.25, 0.3) is 28.5 Å². The normalized spacial score (nSPS) is 15.9. The highest BCUT2D eigenvalue weighted by Crippen LogP contribution is 2.34. The van der Waals surface area contributed by atoms with E-state index >= 15 is 0 Å². The first-order valence-corrected chi connectivity index (χ1v) is 8.41. The van der Waals surface area contributed by atoms with Crippen molar-refractivity contribution >= 4 is 28.5 Å². The van der Waals surface area contributed by atoms with Crippen molar-refractivity contribution < 1.29 is 0 Å². The largest absolute Gasteiger partial charge is 0.276 e. The molecule has 1 aliphatic rings. The first kappa shape index (κ1) is 13.5. The minimum Gasteiger partial charge on any atom is -0.276 e. The molecular weight excluding hydrogens is 294 g/mol. The SMILES string of the molecule is C(=C1CCCc2cnc3nc4ccccc4n3c21)c1ccccc1. The van der Waals surface area contributed by atoms with Crippen molar-refractivity contribution in [2.24, 2.45) is 0 Å². The fourth-order valence-electron chi connectivity index (χ4n) is 3.67. The van der Waals surface area contributed by atoms with Crippen LogP contribution >= 0.6 is 0 Å². The average molecular weight is 311 g/mol. The van der Waals surface area contributed by atoms with Gasteiger partial charge in [0.1, 0.15) is 0 Å². The van der Waals surface area contributed by atoms with Crippen molar-refractivity contribution in [1.82, 2.24) is 14.4 Å². The number of allylic oxidation sites excluding steroid dienone is 1. The van der Waals surface area contributed by atoms with Gasteiger partial charge >= 0.3 is 0 Å². The zero-order valence-corrected chi connectivity index (χ0v) is 13.3. The molecule has 3 nitrogen and oxygen atoms in total. The van der Waals surface area contributed by atoms with Crippen molar-refractivity contribution in [1.29, 1.82) is 0 Å². The highest BCUT2D eigenvalue weighted by atomic mass is 15.1. The van der Waals surface area contributed by atoms with Crippen LogP contribution in [0.3, 0.4) is 0 Å². The molecule has 0 saturated carbocycles. The number of benzene rings is 2. The van der Waals surface area contributed by atoms with E-state index in [9.17, 15) is 0 Å². The van der Waals surface area contributed by atoms with Gasteiger partial charge in [0, 0.05) is 6.20 Å². The Balaban J connectivity index is 1.84. The highest BCUT2D eigenvalue weighted by Gasteiger charge is 2.20. The zero-order chi connectivity index (χ0) is 15.9. The van der Waals surface area contributed by atoms with Gasteiger partial charge in [-0.1, -0.05) is 42.5 Å². The highest BCUT2D eigenvalue weighted by molar-refractivity contribution is 5.87. The second-order valence-corrected chi connectivity index (χ2v) is 6.30. The number of fused-ring (bicyclic) bond motifs is 5. The summed E-state index contributed by atoms with van der Waals surface area (Å²) < 4.78 is 2.23. The molecule has 116 valence electrons. The monoisotopic (exact) mass is 311 g/mol. The van der Waals surface area contributed by atoms with Gasteiger partial charge in [-0.25, -0.2) is 9.97 Å². The average Bonchev–Trinajstić information content (AvgIpc) is 3.01. The summed E-state index contributed by atoms with van der Waals surface area (Å²) in [6.07, 6.45) is 7.66. The molecule has 0 amide bonds. The molecule has 5 rings (SSSR count). The Morgan fingerprint density at radius 3 is 2.67 bits per heavy atom. The predicted molar refractivity (Wildman–Crippen MR) is 97.7 cm³/mol. The number of nitrogens with zero attached hydrogens (tertiary/aromatic N) is 3. The van der Waals surface area contributed by atoms with E-state index in [4.69, 9.17) is 0 Å². The molecule has 2 aromatic carbocycles. The zero-order valence-electron chi connectivity index (χ0n) is 13.3. The summed E-state index contributed by atoms with van der Waals surface area (Å²) in [6.45, 7) is 0. The fraction of sp³-hybridized carbons (Fsp3) is 0.143. The van der Waals surface area contributed by atoms with E-state index in [1.807, 2.05) is 12.3 Å². The third-order valence-corrected chi connectivity index (χ3v) is 4.74. The van der Waals surface area contributed by atoms with Crippen LogP contribution in [-0.2, 0) is 6.42 Å². The smallest absolute Gasteiger partial charge is 0.235 e. The summed E-state index contributed by atoms with van der Waals surface area (Å²) in [5.41, 5.74) is 7.36. The second-order valence-electron chi connectivity index (χ2n) is 6.30. The molecule has 24 heavy (non-hydrogen) atoms. The Morgan fingerprint density at radius 2 is 1.75 bits per heavy atom. The van der Waals surface area contributed by atoms with Gasteiger partial charge in [-0.2, -0.15) is 0 Å². The summed E-state index contributed by atoms with van der Waals surface area (Å²) in [7, 11) is 0. The number of aromatic nitrogens is 3. The van der Waals surface area contributed by atoms with Gasteiger partial charge in [0.15, 0.2) is 0 Å². The molecule has 0 aliphatic heterocycles. The Bertz CT molecular complexity index is 1070. The summed E-state index contributed by atoms with van der Waals surface area (Å²) in [5, 5.41) is 0. The standard InChI is InChI=1S/C21H17N3/c1-2-7-15(8-3-1)13-16-9-6-10-17-14-22-21-23-18-11-4-5-12-19(18)24(21)20(16)17/h1-5,7-8,11-14H,6,9-10H2. The number of imidazole rings is 1. The van der Waals surface area contributed by atoms with Crippen LogP contribution in [0, 0.1) is 0 Å². The quantitative estimate of drug-likeness (QED) is 0.507. The van der Waals surface area contributed by atoms with E-state index in [0.717, 1.165) is 29.7 Å². The Labute approximate surface area is 140 Å². The minimum atomic E-state index is 0.788. The molecule has 2 heterocycles. The summed E-state index contributed by atoms with van der Waals surface area (Å²) in [6, 6.07) is 18.8. The van der Waals surface area contributed by atoms with Crippen molar-refractivity contribution in [3.05, 3.63) is 77.6 Å². The van der Waals surface area contributed by atoms with E-state index in [1.54, 1.807) is 0 Å². The molecule has 1 aliphatic carbocycles. The van der Waals surface area contributed by atoms with Gasteiger partial charge in [-0.05, 0) is 54.2 Å². The molecule has 2 aromatic heterocycles. The van der Waals surface area contributed by atoms with Crippen LogP contribution in [0.15, 0.2) is 60.8 Å². The lowest BCUT2D eigenvalue weighted by Gasteiger charge is -2.20. The van der Waals surface area contributed by atoms with Crippen molar-refractivity contribution in [3.8, 4) is 0 Å². The summed E-state index contributed by atoms with van der Waals surface area (Å²) in [5.74, 6) is 0.788. The van der Waals surface area contributed by atoms with E-state index in [-0.39, 0.29) is 0 Å². The van der Waals surface area contributed by atoms with Gasteiger partial charge in [-0.15, -0.1) is 0 Å². The number of hydrogen-bond donors (Lipinski definition) is 0. The lowest BCUT2D eigenvalue weighted by molar-refractivity contribution is 0.798. The second kappa shape index (κ2) is 5.31. The Hall–Kier alpha value is -2.94. The maximum atomic E-state index is 4.69. The van der Waals surface area contributed by atoms with Crippen molar-refractivity contribution in [2.45, 2.75) is 19.3 Å². The Kier molecular flexibility index (Phi) is 2.98. The lowest BCUT2D eigenvalue weighted by Crippen LogP contribution is -2.09. The topological polar surface area (TPSA) is 30.2 Å². The molecule has 4 aromatic rings. The third-order valence-electron chi connectivity index (χ3n) is 4.74. The molecule has 0 saturated heterocycles. The first-order chi connectivity index (χ1) is 11.9. The van der Waals surface area contributed by atoms with Crippen LogP contribution in [0.5, 0.6) is 0 Å². The van der Waals surface area contributed by atoms with E-state index in [0.29, 0.717) is 0 Å². The molecule has 0 atom stereocenters. The fourth-order valence-corrected chi connectivity index (χ4v) is 3.67. The molecule has 0 fully saturated rings. The maximum Gasteiger partial charge on any atom is 0.235 e. The van der Waals surface area contributed by atoms with Gasteiger partial charge < -0.3 is 0 Å². The van der Waals surface area contributed by atoms with Gasteiger partial charge in [0.25, 0.3) is 0 Å². The molecule has 3 heteroatoms. The maximum absolute atomic E-state index is 4.69. The number of hydrogen-bond acceptors (Lipinski definition) is 2. The third kappa shape index (κ3) is 2.05. The van der Waals surface area contributed by atoms with Gasteiger partial charge in [0.05, 0.1) is 16.7 Å². The van der Waals surface area contributed by atoms with Gasteiger partial charge in [0.2, 0.25) is 5.78 Å². The van der Waals surface area contributed by atoms with Gasteiger partial charge in [-0.3, -0.25) is 4.40 Å². The minimum absolute atomic E-state index is 0.788. The van der Waals surface area contributed by atoms with E-state index < -0.39 is 0 Å². The van der Waals surface area contributed by atoms with Crippen LogP contribution in [-0.4, -0.2) is 14.4 Å².